The van der Waals surface area contributed by atoms with Gasteiger partial charge in [-0.1, -0.05) is 68.8 Å². The third kappa shape index (κ3) is 9.64. The molecule has 1 aromatic heterocycles. The summed E-state index contributed by atoms with van der Waals surface area (Å²) in [6.45, 7) is 4.96. The monoisotopic (exact) mass is 653 g/mol. The largest absolute Gasteiger partial charge is 0.390 e. The van der Waals surface area contributed by atoms with Crippen LogP contribution in [0.2, 0.25) is 0 Å². The van der Waals surface area contributed by atoms with E-state index in [2.05, 4.69) is 65.9 Å². The molecule has 0 spiro atoms. The molecule has 5 rings (SSSR count). The first-order valence-corrected chi connectivity index (χ1v) is 17.1. The van der Waals surface area contributed by atoms with Crippen molar-refractivity contribution in [1.82, 2.24) is 15.6 Å². The maximum Gasteiger partial charge on any atom is 0.251 e. The van der Waals surface area contributed by atoms with Crippen LogP contribution >= 0.6 is 11.3 Å². The van der Waals surface area contributed by atoms with Gasteiger partial charge in [-0.15, -0.1) is 11.3 Å². The number of amides is 1. The third-order valence-electron chi connectivity index (χ3n) is 8.22. The van der Waals surface area contributed by atoms with E-state index in [0.29, 0.717) is 17.7 Å². The molecule has 0 unspecified atom stereocenters. The standard InChI is InChI=1S/C39H41F2N3O2S/c1-3-5-7-27-10-12-30(13-11-27)31-20-32(22-33(21-31)39-43-14-15-47-39)38(46)44-36(19-29-17-34(40)23-35(41)18-29)37(45)25-42-24-28-9-6-8-26(4-2)16-28/h6,8-18,20-23,36-37,42,45H,3-5,7,19,24-25H2,1-2H3,(H,44,46)/t36-,37+/m0/s1. The Kier molecular flexibility index (Phi) is 12.0. The van der Waals surface area contributed by atoms with E-state index in [1.807, 2.05) is 29.6 Å². The molecule has 5 nitrogen and oxygen atoms in total. The molecule has 0 bridgehead atoms. The number of hydrogen-bond acceptors (Lipinski definition) is 5. The Morgan fingerprint density at radius 3 is 2.30 bits per heavy atom. The van der Waals surface area contributed by atoms with Crippen LogP contribution in [-0.2, 0) is 25.8 Å². The molecule has 0 saturated heterocycles. The van der Waals surface area contributed by atoms with Crippen molar-refractivity contribution in [1.29, 1.82) is 0 Å². The summed E-state index contributed by atoms with van der Waals surface area (Å²) in [6.07, 6.45) is 4.91. The molecule has 8 heteroatoms. The molecule has 0 aliphatic carbocycles. The Morgan fingerprint density at radius 2 is 1.60 bits per heavy atom. The molecule has 1 amide bonds. The number of nitrogens with zero attached hydrogens (tertiary/aromatic N) is 1. The summed E-state index contributed by atoms with van der Waals surface area (Å²) in [7, 11) is 0. The van der Waals surface area contributed by atoms with Crippen LogP contribution < -0.4 is 10.6 Å². The van der Waals surface area contributed by atoms with Gasteiger partial charge in [0.25, 0.3) is 5.91 Å². The van der Waals surface area contributed by atoms with E-state index < -0.39 is 29.7 Å². The zero-order valence-electron chi connectivity index (χ0n) is 26.8. The molecule has 3 N–H and O–H groups in total. The van der Waals surface area contributed by atoms with Gasteiger partial charge in [-0.3, -0.25) is 4.79 Å². The number of hydrogen-bond donors (Lipinski definition) is 3. The van der Waals surface area contributed by atoms with Gasteiger partial charge in [-0.25, -0.2) is 13.8 Å². The second kappa shape index (κ2) is 16.5. The quantitative estimate of drug-likeness (QED) is 0.107. The van der Waals surface area contributed by atoms with Crippen LogP contribution in [0.3, 0.4) is 0 Å². The molecule has 0 fully saturated rings. The Hall–Kier alpha value is -4.24. The van der Waals surface area contributed by atoms with Gasteiger partial charge in [-0.2, -0.15) is 0 Å². The molecule has 0 radical (unpaired) electrons. The van der Waals surface area contributed by atoms with E-state index in [1.54, 1.807) is 12.3 Å². The maximum atomic E-state index is 14.1. The molecule has 0 aliphatic rings. The molecule has 5 aromatic rings. The molecule has 244 valence electrons. The highest BCUT2D eigenvalue weighted by Crippen LogP contribution is 2.30. The van der Waals surface area contributed by atoms with Crippen molar-refractivity contribution in [3.8, 4) is 21.7 Å². The number of carbonyl (C=O) groups is 1. The van der Waals surface area contributed by atoms with Crippen LogP contribution in [0.4, 0.5) is 8.78 Å². The van der Waals surface area contributed by atoms with E-state index in [9.17, 15) is 18.7 Å². The minimum atomic E-state index is -1.04. The summed E-state index contributed by atoms with van der Waals surface area (Å²) < 4.78 is 28.2. The number of aliphatic hydroxyl groups is 1. The molecule has 2 atom stereocenters. The zero-order valence-corrected chi connectivity index (χ0v) is 27.6. The van der Waals surface area contributed by atoms with Gasteiger partial charge >= 0.3 is 0 Å². The average molecular weight is 654 g/mol. The summed E-state index contributed by atoms with van der Waals surface area (Å²) in [6, 6.07) is 24.7. The lowest BCUT2D eigenvalue weighted by Crippen LogP contribution is -2.48. The van der Waals surface area contributed by atoms with E-state index >= 15 is 0 Å². The summed E-state index contributed by atoms with van der Waals surface area (Å²) >= 11 is 1.48. The summed E-state index contributed by atoms with van der Waals surface area (Å²) in [5, 5.41) is 20.3. The summed E-state index contributed by atoms with van der Waals surface area (Å²) in [4.78, 5) is 18.4. The lowest BCUT2D eigenvalue weighted by atomic mass is 9.96. The molecular formula is C39H41F2N3O2S. The lowest BCUT2D eigenvalue weighted by molar-refractivity contribution is 0.0830. The van der Waals surface area contributed by atoms with E-state index in [4.69, 9.17) is 0 Å². The van der Waals surface area contributed by atoms with Gasteiger partial charge in [0.05, 0.1) is 12.1 Å². The second-order valence-corrected chi connectivity index (χ2v) is 12.8. The van der Waals surface area contributed by atoms with Crippen LogP contribution in [0, 0.1) is 11.6 Å². The number of aromatic nitrogens is 1. The number of carbonyl (C=O) groups excluding carboxylic acids is 1. The molecule has 47 heavy (non-hydrogen) atoms. The fourth-order valence-electron chi connectivity index (χ4n) is 5.64. The number of unbranched alkanes of at least 4 members (excludes halogenated alkanes) is 1. The van der Waals surface area contributed by atoms with Crippen molar-refractivity contribution >= 4 is 17.2 Å². The fraction of sp³-hybridized carbons (Fsp3) is 0.282. The Balaban J connectivity index is 1.40. The van der Waals surface area contributed by atoms with Crippen LogP contribution in [0.5, 0.6) is 0 Å². The number of aliphatic hydroxyl groups excluding tert-OH is 1. The summed E-state index contributed by atoms with van der Waals surface area (Å²) in [5.74, 6) is -1.83. The molecule has 4 aromatic carbocycles. The highest BCUT2D eigenvalue weighted by molar-refractivity contribution is 7.13. The van der Waals surface area contributed by atoms with Crippen molar-refractivity contribution < 1.29 is 18.7 Å². The van der Waals surface area contributed by atoms with Gasteiger partial charge in [0.15, 0.2) is 0 Å². The van der Waals surface area contributed by atoms with Gasteiger partial charge in [-0.05, 0) is 89.4 Å². The van der Waals surface area contributed by atoms with Gasteiger partial charge < -0.3 is 15.7 Å². The topological polar surface area (TPSA) is 74.2 Å². The second-order valence-electron chi connectivity index (χ2n) is 11.9. The normalized spacial score (nSPS) is 12.5. The van der Waals surface area contributed by atoms with Crippen molar-refractivity contribution in [3.63, 3.8) is 0 Å². The third-order valence-corrected chi connectivity index (χ3v) is 9.04. The first-order chi connectivity index (χ1) is 22.8. The van der Waals surface area contributed by atoms with Crippen LogP contribution in [0.1, 0.15) is 59.3 Å². The minimum absolute atomic E-state index is 0.0346. The smallest absolute Gasteiger partial charge is 0.251 e. The first-order valence-electron chi connectivity index (χ1n) is 16.2. The highest BCUT2D eigenvalue weighted by Gasteiger charge is 2.24. The average Bonchev–Trinajstić information content (AvgIpc) is 3.62. The Labute approximate surface area is 279 Å². The molecule has 0 saturated carbocycles. The van der Waals surface area contributed by atoms with Crippen LogP contribution in [0.15, 0.2) is 96.5 Å². The highest BCUT2D eigenvalue weighted by atomic mass is 32.1. The van der Waals surface area contributed by atoms with Crippen molar-refractivity contribution in [2.24, 2.45) is 0 Å². The predicted octanol–water partition coefficient (Wildman–Crippen LogP) is 8.15. The Bertz CT molecular complexity index is 1740. The van der Waals surface area contributed by atoms with E-state index in [0.717, 1.165) is 59.0 Å². The number of thiazole rings is 1. The first kappa shape index (κ1) is 34.1. The van der Waals surface area contributed by atoms with Crippen LogP contribution in [0.25, 0.3) is 21.7 Å². The predicted molar refractivity (Wildman–Crippen MR) is 186 cm³/mol. The lowest BCUT2D eigenvalue weighted by Gasteiger charge is -2.25. The number of nitrogens with one attached hydrogen (secondary N) is 2. The van der Waals surface area contributed by atoms with Gasteiger partial charge in [0.2, 0.25) is 0 Å². The zero-order chi connectivity index (χ0) is 33.2. The number of aryl methyl sites for hydroxylation is 2. The van der Waals surface area contributed by atoms with E-state index in [1.165, 1.54) is 34.6 Å². The maximum absolute atomic E-state index is 14.1. The van der Waals surface area contributed by atoms with E-state index in [-0.39, 0.29) is 13.0 Å². The molecular weight excluding hydrogens is 613 g/mol. The van der Waals surface area contributed by atoms with Gasteiger partial charge in [0, 0.05) is 41.9 Å². The number of benzene rings is 4. The number of halogens is 2. The van der Waals surface area contributed by atoms with Crippen molar-refractivity contribution in [2.45, 2.75) is 64.6 Å². The summed E-state index contributed by atoms with van der Waals surface area (Å²) in [5.41, 5.74) is 6.94. The van der Waals surface area contributed by atoms with Crippen molar-refractivity contribution in [3.05, 3.63) is 136 Å². The Morgan fingerprint density at radius 1 is 0.851 bits per heavy atom. The fourth-order valence-corrected chi connectivity index (χ4v) is 6.27. The van der Waals surface area contributed by atoms with Crippen LogP contribution in [-0.4, -0.2) is 34.7 Å². The van der Waals surface area contributed by atoms with Gasteiger partial charge in [0.1, 0.15) is 16.6 Å². The van der Waals surface area contributed by atoms with Crippen molar-refractivity contribution in [2.75, 3.05) is 6.54 Å². The minimum Gasteiger partial charge on any atom is -0.390 e. The number of rotatable bonds is 15. The molecule has 0 aliphatic heterocycles. The SMILES string of the molecule is CCCCc1ccc(-c2cc(C(=O)N[C@@H](Cc3cc(F)cc(F)c3)[C@H](O)CNCc3cccc(CC)c3)cc(-c3nccs3)c2)cc1. The molecule has 1 heterocycles.